The van der Waals surface area contributed by atoms with Gasteiger partial charge in [-0.25, -0.2) is 4.39 Å². The van der Waals surface area contributed by atoms with Crippen molar-refractivity contribution in [1.82, 2.24) is 10.3 Å². The summed E-state index contributed by atoms with van der Waals surface area (Å²) in [6.45, 7) is 1.70. The number of nitrogens with zero attached hydrogens (tertiary/aromatic N) is 1. The summed E-state index contributed by atoms with van der Waals surface area (Å²) in [5.74, 6) is 0.743. The van der Waals surface area contributed by atoms with Gasteiger partial charge in [0.15, 0.2) is 0 Å². The molecule has 0 unspecified atom stereocenters. The van der Waals surface area contributed by atoms with Crippen LogP contribution in [0.25, 0.3) is 0 Å². The van der Waals surface area contributed by atoms with Crippen LogP contribution < -0.4 is 5.32 Å². The van der Waals surface area contributed by atoms with Gasteiger partial charge in [-0.1, -0.05) is 12.1 Å². The summed E-state index contributed by atoms with van der Waals surface area (Å²) < 4.78 is 12.9. The fourth-order valence-corrected chi connectivity index (χ4v) is 2.39. The third-order valence-electron chi connectivity index (χ3n) is 2.40. The minimum Gasteiger partial charge on any atom is -0.312 e. The zero-order chi connectivity index (χ0) is 12.6. The number of rotatable bonds is 6. The normalized spacial score (nSPS) is 10.5. The molecule has 0 bridgehead atoms. The molecule has 1 heterocycles. The fourth-order valence-electron chi connectivity index (χ4n) is 1.53. The van der Waals surface area contributed by atoms with Crippen molar-refractivity contribution in [3.8, 4) is 0 Å². The van der Waals surface area contributed by atoms with Gasteiger partial charge in [0.05, 0.1) is 0 Å². The Morgan fingerprint density at radius 2 is 2.17 bits per heavy atom. The maximum atomic E-state index is 12.9. The molecule has 94 valence electrons. The molecule has 2 nitrogen and oxygen atoms in total. The first-order valence-corrected chi connectivity index (χ1v) is 6.81. The van der Waals surface area contributed by atoms with Crippen LogP contribution in [0.3, 0.4) is 0 Å². The molecule has 0 aliphatic rings. The Kier molecular flexibility index (Phi) is 5.17. The molecule has 2 rings (SSSR count). The molecule has 4 heteroatoms. The van der Waals surface area contributed by atoms with Crippen LogP contribution in [0, 0.1) is 5.82 Å². The van der Waals surface area contributed by atoms with E-state index in [-0.39, 0.29) is 5.82 Å². The van der Waals surface area contributed by atoms with Crippen molar-refractivity contribution in [3.05, 3.63) is 60.2 Å². The first kappa shape index (κ1) is 13.1. The molecule has 0 fully saturated rings. The maximum absolute atomic E-state index is 12.9. The van der Waals surface area contributed by atoms with Crippen LogP contribution in [0.1, 0.15) is 5.56 Å². The molecule has 0 spiro atoms. The Morgan fingerprint density at radius 3 is 2.94 bits per heavy atom. The van der Waals surface area contributed by atoms with Crippen LogP contribution in [0.2, 0.25) is 0 Å². The van der Waals surface area contributed by atoms with Crippen LogP contribution in [0.4, 0.5) is 4.39 Å². The zero-order valence-electron chi connectivity index (χ0n) is 9.97. The summed E-state index contributed by atoms with van der Waals surface area (Å²) >= 11 is 1.65. The van der Waals surface area contributed by atoms with Gasteiger partial charge in [0, 0.05) is 36.1 Å². The Morgan fingerprint density at radius 1 is 1.22 bits per heavy atom. The summed E-state index contributed by atoms with van der Waals surface area (Å²) in [5, 5.41) is 3.33. The van der Waals surface area contributed by atoms with Gasteiger partial charge in [-0.05, 0) is 29.8 Å². The van der Waals surface area contributed by atoms with Crippen molar-refractivity contribution in [2.45, 2.75) is 11.4 Å². The highest BCUT2D eigenvalue weighted by Gasteiger charge is 1.96. The standard InChI is InChI=1S/C14H15FN2S/c15-13-4-1-5-14(9-13)18-8-7-17-11-12-3-2-6-16-10-12/h1-6,9-10,17H,7-8,11H2. The second-order valence-corrected chi connectivity index (χ2v) is 5.01. The minimum atomic E-state index is -0.177. The molecule has 1 aromatic carbocycles. The van der Waals surface area contributed by atoms with Gasteiger partial charge in [0.2, 0.25) is 0 Å². The van der Waals surface area contributed by atoms with Crippen molar-refractivity contribution < 1.29 is 4.39 Å². The second-order valence-electron chi connectivity index (χ2n) is 3.84. The largest absolute Gasteiger partial charge is 0.312 e. The van der Waals surface area contributed by atoms with Gasteiger partial charge in [0.1, 0.15) is 5.82 Å². The van der Waals surface area contributed by atoms with E-state index in [9.17, 15) is 4.39 Å². The maximum Gasteiger partial charge on any atom is 0.124 e. The molecule has 0 aliphatic heterocycles. The Balaban J connectivity index is 1.65. The minimum absolute atomic E-state index is 0.177. The molecule has 0 saturated heterocycles. The molecule has 0 radical (unpaired) electrons. The summed E-state index contributed by atoms with van der Waals surface area (Å²) in [5.41, 5.74) is 1.17. The molecule has 0 amide bonds. The van der Waals surface area contributed by atoms with E-state index in [2.05, 4.69) is 10.3 Å². The lowest BCUT2D eigenvalue weighted by molar-refractivity contribution is 0.624. The van der Waals surface area contributed by atoms with Gasteiger partial charge in [-0.3, -0.25) is 4.98 Å². The van der Waals surface area contributed by atoms with Gasteiger partial charge < -0.3 is 5.32 Å². The number of benzene rings is 1. The van der Waals surface area contributed by atoms with E-state index in [0.29, 0.717) is 0 Å². The second kappa shape index (κ2) is 7.13. The number of halogens is 1. The molecular weight excluding hydrogens is 247 g/mol. The molecule has 0 saturated carbocycles. The number of pyridine rings is 1. The quantitative estimate of drug-likeness (QED) is 0.639. The zero-order valence-corrected chi connectivity index (χ0v) is 10.8. The highest BCUT2D eigenvalue weighted by atomic mass is 32.2. The molecule has 1 N–H and O–H groups in total. The van der Waals surface area contributed by atoms with Crippen LogP contribution in [0.5, 0.6) is 0 Å². The first-order chi connectivity index (χ1) is 8.84. The number of thioether (sulfide) groups is 1. The number of hydrogen-bond donors (Lipinski definition) is 1. The molecule has 1 aromatic heterocycles. The van der Waals surface area contributed by atoms with Crippen LogP contribution in [-0.2, 0) is 6.54 Å². The number of aromatic nitrogens is 1. The average Bonchev–Trinajstić information content (AvgIpc) is 2.40. The van der Waals surface area contributed by atoms with E-state index >= 15 is 0 Å². The van der Waals surface area contributed by atoms with Crippen molar-refractivity contribution in [3.63, 3.8) is 0 Å². The Labute approximate surface area is 111 Å². The van der Waals surface area contributed by atoms with Crippen molar-refractivity contribution in [2.24, 2.45) is 0 Å². The van der Waals surface area contributed by atoms with Crippen LogP contribution in [0.15, 0.2) is 53.7 Å². The van der Waals surface area contributed by atoms with Gasteiger partial charge in [-0.15, -0.1) is 11.8 Å². The predicted octanol–water partition coefficient (Wildman–Crippen LogP) is 3.10. The molecular formula is C14H15FN2S. The van der Waals surface area contributed by atoms with Gasteiger partial charge in [0.25, 0.3) is 0 Å². The van der Waals surface area contributed by atoms with Crippen molar-refractivity contribution in [1.29, 1.82) is 0 Å². The summed E-state index contributed by atoms with van der Waals surface area (Å²) in [6, 6.07) is 10.7. The Hall–Kier alpha value is -1.39. The van der Waals surface area contributed by atoms with E-state index in [0.717, 1.165) is 23.7 Å². The van der Waals surface area contributed by atoms with Gasteiger partial charge in [-0.2, -0.15) is 0 Å². The molecule has 0 aliphatic carbocycles. The van der Waals surface area contributed by atoms with E-state index < -0.39 is 0 Å². The van der Waals surface area contributed by atoms with E-state index in [1.807, 2.05) is 24.4 Å². The summed E-state index contributed by atoms with van der Waals surface area (Å²) in [7, 11) is 0. The first-order valence-electron chi connectivity index (χ1n) is 5.82. The average molecular weight is 262 g/mol. The smallest absolute Gasteiger partial charge is 0.124 e. The number of nitrogens with one attached hydrogen (secondary N) is 1. The summed E-state index contributed by atoms with van der Waals surface area (Å²) in [4.78, 5) is 5.02. The highest BCUT2D eigenvalue weighted by Crippen LogP contribution is 2.17. The fraction of sp³-hybridized carbons (Fsp3) is 0.214. The van der Waals surface area contributed by atoms with Crippen molar-refractivity contribution >= 4 is 11.8 Å². The lowest BCUT2D eigenvalue weighted by Crippen LogP contribution is -2.16. The highest BCUT2D eigenvalue weighted by molar-refractivity contribution is 7.99. The van der Waals surface area contributed by atoms with E-state index in [4.69, 9.17) is 0 Å². The third kappa shape index (κ3) is 4.47. The molecule has 18 heavy (non-hydrogen) atoms. The van der Waals surface area contributed by atoms with Crippen molar-refractivity contribution in [2.75, 3.05) is 12.3 Å². The van der Waals surface area contributed by atoms with E-state index in [1.54, 1.807) is 30.1 Å². The molecule has 0 atom stereocenters. The Bertz CT molecular complexity index is 476. The monoisotopic (exact) mass is 262 g/mol. The SMILES string of the molecule is Fc1cccc(SCCNCc2cccnc2)c1. The van der Waals surface area contributed by atoms with Gasteiger partial charge >= 0.3 is 0 Å². The lowest BCUT2D eigenvalue weighted by atomic mass is 10.3. The molecule has 2 aromatic rings. The van der Waals surface area contributed by atoms with E-state index in [1.165, 1.54) is 11.6 Å². The topological polar surface area (TPSA) is 24.9 Å². The van der Waals surface area contributed by atoms with Crippen LogP contribution in [-0.4, -0.2) is 17.3 Å². The summed E-state index contributed by atoms with van der Waals surface area (Å²) in [6.07, 6.45) is 3.62. The predicted molar refractivity (Wildman–Crippen MR) is 73.1 cm³/mol. The number of hydrogen-bond acceptors (Lipinski definition) is 3. The lowest BCUT2D eigenvalue weighted by Gasteiger charge is -2.04. The van der Waals surface area contributed by atoms with Crippen LogP contribution >= 0.6 is 11.8 Å². The third-order valence-corrected chi connectivity index (χ3v) is 3.39.